The summed E-state index contributed by atoms with van der Waals surface area (Å²) in [5.41, 5.74) is 5.31. The van der Waals surface area contributed by atoms with E-state index in [1.165, 1.54) is 0 Å². The highest BCUT2D eigenvalue weighted by molar-refractivity contribution is 5.72. The number of carboxylic acid groups (broad SMARTS) is 1. The van der Waals surface area contributed by atoms with Gasteiger partial charge < -0.3 is 15.9 Å². The number of carboxylic acids is 1. The van der Waals surface area contributed by atoms with E-state index in [0.717, 1.165) is 19.3 Å². The van der Waals surface area contributed by atoms with E-state index in [2.05, 4.69) is 20.4 Å². The van der Waals surface area contributed by atoms with E-state index in [-0.39, 0.29) is 12.0 Å². The van der Waals surface area contributed by atoms with Crippen LogP contribution in [0.3, 0.4) is 0 Å². The van der Waals surface area contributed by atoms with E-state index in [1.54, 1.807) is 0 Å². The number of hydrogen-bond acceptors (Lipinski definition) is 3. The highest BCUT2D eigenvalue weighted by Crippen LogP contribution is 2.19. The van der Waals surface area contributed by atoms with Gasteiger partial charge in [-0.15, -0.1) is 6.58 Å². The van der Waals surface area contributed by atoms with E-state index in [9.17, 15) is 4.79 Å². The van der Waals surface area contributed by atoms with Gasteiger partial charge in [-0.3, -0.25) is 4.79 Å². The Morgan fingerprint density at radius 3 is 2.29 bits per heavy atom. The van der Waals surface area contributed by atoms with Crippen LogP contribution in [0, 0.1) is 5.41 Å². The van der Waals surface area contributed by atoms with Crippen molar-refractivity contribution in [1.82, 2.24) is 0 Å². The third-order valence-electron chi connectivity index (χ3n) is 2.49. The van der Waals surface area contributed by atoms with Gasteiger partial charge in [0.1, 0.15) is 6.04 Å². The summed E-state index contributed by atoms with van der Waals surface area (Å²) >= 11 is 0. The molecule has 4 N–H and O–H groups in total. The Labute approximate surface area is 105 Å². The molecule has 0 aliphatic rings. The normalized spacial score (nSPS) is 12.3. The van der Waals surface area contributed by atoms with Gasteiger partial charge in [0.05, 0.1) is 0 Å². The fourth-order valence-electron chi connectivity index (χ4n) is 0.938. The predicted octanol–water partition coefficient (Wildman–Crippen LogP) is 2.17. The molecular weight excluding hydrogens is 218 g/mol. The molecule has 1 atom stereocenters. The zero-order valence-electron chi connectivity index (χ0n) is 11.3. The van der Waals surface area contributed by atoms with Crippen molar-refractivity contribution in [3.8, 4) is 0 Å². The van der Waals surface area contributed by atoms with Crippen LogP contribution in [0.15, 0.2) is 12.7 Å². The van der Waals surface area contributed by atoms with Crippen LogP contribution in [0.2, 0.25) is 0 Å². The molecule has 4 nitrogen and oxygen atoms in total. The molecule has 0 fully saturated rings. The zero-order valence-corrected chi connectivity index (χ0v) is 11.3. The Hall–Kier alpha value is -0.870. The summed E-state index contributed by atoms with van der Waals surface area (Å²) in [5, 5.41) is 16.8. The third-order valence-corrected chi connectivity index (χ3v) is 2.49. The van der Waals surface area contributed by atoms with Crippen LogP contribution >= 0.6 is 0 Å². The van der Waals surface area contributed by atoms with Gasteiger partial charge in [0.15, 0.2) is 0 Å². The van der Waals surface area contributed by atoms with Crippen molar-refractivity contribution in [2.45, 2.75) is 52.5 Å². The molecule has 0 aliphatic heterocycles. The first kappa shape index (κ1) is 18.5. The highest BCUT2D eigenvalue weighted by Gasteiger charge is 2.10. The van der Waals surface area contributed by atoms with E-state index >= 15 is 0 Å². The number of aliphatic carboxylic acids is 1. The van der Waals surface area contributed by atoms with Gasteiger partial charge in [0, 0.05) is 6.61 Å². The molecule has 4 heteroatoms. The third kappa shape index (κ3) is 13.1. The van der Waals surface area contributed by atoms with Gasteiger partial charge in [0.25, 0.3) is 0 Å². The quantitative estimate of drug-likeness (QED) is 0.600. The molecule has 0 aromatic carbocycles. The lowest BCUT2D eigenvalue weighted by Gasteiger charge is -2.16. The topological polar surface area (TPSA) is 83.5 Å². The minimum Gasteiger partial charge on any atom is -0.480 e. The number of hydrogen-bond donors (Lipinski definition) is 3. The first-order valence-electron chi connectivity index (χ1n) is 6.03. The minimum absolute atomic E-state index is 0.106. The molecular formula is C13H27NO3. The number of carbonyl (C=O) groups is 1. The summed E-state index contributed by atoms with van der Waals surface area (Å²) in [5.74, 6) is -0.900. The number of aliphatic hydroxyl groups excluding tert-OH is 1. The molecule has 0 aromatic rings. The van der Waals surface area contributed by atoms with Crippen LogP contribution in [0.5, 0.6) is 0 Å². The fraction of sp³-hybridized carbons (Fsp3) is 0.769. The molecule has 17 heavy (non-hydrogen) atoms. The molecule has 0 rings (SSSR count). The van der Waals surface area contributed by atoms with Gasteiger partial charge in [0.2, 0.25) is 0 Å². The number of rotatable bonds is 7. The van der Waals surface area contributed by atoms with E-state index in [0.29, 0.717) is 6.42 Å². The molecule has 0 unspecified atom stereocenters. The Morgan fingerprint density at radius 2 is 2.06 bits per heavy atom. The largest absolute Gasteiger partial charge is 0.480 e. The van der Waals surface area contributed by atoms with Gasteiger partial charge >= 0.3 is 5.97 Å². The van der Waals surface area contributed by atoms with Crippen LogP contribution in [0.1, 0.15) is 46.5 Å². The molecule has 0 radical (unpaired) electrons. The van der Waals surface area contributed by atoms with Gasteiger partial charge in [-0.1, -0.05) is 39.7 Å². The van der Waals surface area contributed by atoms with E-state index < -0.39 is 12.0 Å². The molecule has 0 amide bonds. The SMILES string of the molecule is C=CC(C)(C)CCO.CCCC[C@H](N)C(=O)O. The molecule has 0 saturated heterocycles. The molecule has 0 heterocycles. The van der Waals surface area contributed by atoms with Crippen LogP contribution < -0.4 is 5.73 Å². The number of nitrogens with two attached hydrogens (primary N) is 1. The number of unbranched alkanes of at least 4 members (excludes halogenated alkanes) is 1. The first-order valence-corrected chi connectivity index (χ1v) is 6.03. The maximum absolute atomic E-state index is 10.1. The van der Waals surface area contributed by atoms with Crippen LogP contribution in [0.4, 0.5) is 0 Å². The lowest BCUT2D eigenvalue weighted by molar-refractivity contribution is -0.138. The van der Waals surface area contributed by atoms with Crippen LogP contribution in [-0.2, 0) is 4.79 Å². The predicted molar refractivity (Wildman–Crippen MR) is 70.8 cm³/mol. The van der Waals surface area contributed by atoms with Gasteiger partial charge in [-0.25, -0.2) is 0 Å². The summed E-state index contributed by atoms with van der Waals surface area (Å²) in [7, 11) is 0. The molecule has 0 spiro atoms. The maximum atomic E-state index is 10.1. The fourth-order valence-corrected chi connectivity index (χ4v) is 0.938. The average molecular weight is 245 g/mol. The molecule has 0 aliphatic carbocycles. The second kappa shape index (κ2) is 10.3. The summed E-state index contributed by atoms with van der Waals surface area (Å²) in [4.78, 5) is 10.1. The average Bonchev–Trinajstić information content (AvgIpc) is 2.26. The van der Waals surface area contributed by atoms with Crippen molar-refractivity contribution in [3.63, 3.8) is 0 Å². The second-order valence-electron chi connectivity index (χ2n) is 4.75. The first-order chi connectivity index (χ1) is 7.80. The van der Waals surface area contributed by atoms with Crippen molar-refractivity contribution in [2.75, 3.05) is 6.61 Å². The summed E-state index contributed by atoms with van der Waals surface area (Å²) in [6, 6.07) is -0.662. The van der Waals surface area contributed by atoms with Gasteiger partial charge in [-0.2, -0.15) is 0 Å². The smallest absolute Gasteiger partial charge is 0.320 e. The van der Waals surface area contributed by atoms with Crippen LogP contribution in [0.25, 0.3) is 0 Å². The Morgan fingerprint density at radius 1 is 1.53 bits per heavy atom. The summed E-state index contributed by atoms with van der Waals surface area (Å²) < 4.78 is 0. The van der Waals surface area contributed by atoms with E-state index in [4.69, 9.17) is 15.9 Å². The van der Waals surface area contributed by atoms with Crippen molar-refractivity contribution in [2.24, 2.45) is 11.1 Å². The zero-order chi connectivity index (χ0) is 13.9. The maximum Gasteiger partial charge on any atom is 0.320 e. The monoisotopic (exact) mass is 245 g/mol. The molecule has 0 bridgehead atoms. The minimum atomic E-state index is -0.900. The second-order valence-corrected chi connectivity index (χ2v) is 4.75. The Bertz CT molecular complexity index is 215. The Balaban J connectivity index is 0. The Kier molecular flexibility index (Phi) is 11.2. The van der Waals surface area contributed by atoms with Crippen molar-refractivity contribution < 1.29 is 15.0 Å². The van der Waals surface area contributed by atoms with Crippen molar-refractivity contribution in [3.05, 3.63) is 12.7 Å². The number of aliphatic hydroxyl groups is 1. The molecule has 0 saturated carbocycles. The standard InChI is InChI=1S/C7H14O.C6H13NO2/c1-4-7(2,3)5-6-8;1-2-3-4-5(7)6(8)9/h4,8H,1,5-6H2,2-3H3;5H,2-4,7H2,1H3,(H,8,9)/t;5-/m.0/s1. The van der Waals surface area contributed by atoms with Crippen molar-refractivity contribution in [1.29, 1.82) is 0 Å². The molecule has 0 aromatic heterocycles. The van der Waals surface area contributed by atoms with Gasteiger partial charge in [-0.05, 0) is 18.3 Å². The lowest BCUT2D eigenvalue weighted by Crippen LogP contribution is -2.29. The van der Waals surface area contributed by atoms with E-state index in [1.807, 2.05) is 13.0 Å². The summed E-state index contributed by atoms with van der Waals surface area (Å²) in [6.07, 6.45) is 5.15. The summed E-state index contributed by atoms with van der Waals surface area (Å²) in [6.45, 7) is 10.0. The highest BCUT2D eigenvalue weighted by atomic mass is 16.4. The van der Waals surface area contributed by atoms with Crippen molar-refractivity contribution >= 4 is 5.97 Å². The number of allylic oxidation sites excluding steroid dienone is 1. The van der Waals surface area contributed by atoms with Crippen LogP contribution in [-0.4, -0.2) is 28.8 Å². The lowest BCUT2D eigenvalue weighted by atomic mass is 9.90. The molecule has 102 valence electrons.